The number of urea groups is 1. The summed E-state index contributed by atoms with van der Waals surface area (Å²) in [7, 11) is 0. The Labute approximate surface area is 140 Å². The molecular weight excluding hydrogens is 306 g/mol. The number of amides is 2. The van der Waals surface area contributed by atoms with Gasteiger partial charge < -0.3 is 15.4 Å². The summed E-state index contributed by atoms with van der Waals surface area (Å²) in [5.74, 6) is 1.18. The smallest absolute Gasteiger partial charge is 0.315 e. The third kappa shape index (κ3) is 2.84. The molecule has 7 nitrogen and oxygen atoms in total. The van der Waals surface area contributed by atoms with Crippen molar-refractivity contribution in [3.63, 3.8) is 0 Å². The van der Waals surface area contributed by atoms with Crippen LogP contribution < -0.4 is 10.6 Å². The highest BCUT2D eigenvalue weighted by atomic mass is 16.5. The summed E-state index contributed by atoms with van der Waals surface area (Å²) in [6.45, 7) is 2.74. The largest absolute Gasteiger partial charge is 0.378 e. The van der Waals surface area contributed by atoms with Crippen molar-refractivity contribution in [3.8, 4) is 0 Å². The topological polar surface area (TPSA) is 80.5 Å². The fourth-order valence-electron chi connectivity index (χ4n) is 3.98. The van der Waals surface area contributed by atoms with Crippen LogP contribution in [-0.2, 0) is 4.74 Å². The number of carbonyl (C=O) groups excluding carboxylic acids is 1. The van der Waals surface area contributed by atoms with E-state index in [-0.39, 0.29) is 18.1 Å². The highest BCUT2D eigenvalue weighted by Crippen LogP contribution is 2.34. The molecule has 3 heterocycles. The van der Waals surface area contributed by atoms with Gasteiger partial charge in [0, 0.05) is 24.8 Å². The van der Waals surface area contributed by atoms with E-state index >= 15 is 0 Å². The average molecular weight is 329 g/mol. The monoisotopic (exact) mass is 329 g/mol. The van der Waals surface area contributed by atoms with Crippen molar-refractivity contribution in [3.05, 3.63) is 30.2 Å². The molecule has 0 bridgehead atoms. The molecule has 0 aromatic carbocycles. The minimum atomic E-state index is -0.221. The molecule has 2 aromatic heterocycles. The second-order valence-electron chi connectivity index (χ2n) is 6.73. The number of nitrogens with zero attached hydrogens (tertiary/aromatic N) is 3. The second-order valence-corrected chi connectivity index (χ2v) is 6.73. The number of ether oxygens (including phenoxy) is 1. The van der Waals surface area contributed by atoms with Crippen LogP contribution in [0.15, 0.2) is 24.4 Å². The molecule has 0 unspecified atom stereocenters. The van der Waals surface area contributed by atoms with E-state index < -0.39 is 0 Å². The zero-order valence-electron chi connectivity index (χ0n) is 13.8. The number of nitrogens with one attached hydrogen (secondary N) is 2. The second kappa shape index (κ2) is 6.39. The Hall–Kier alpha value is -2.15. The number of aromatic nitrogens is 3. The highest BCUT2D eigenvalue weighted by molar-refractivity contribution is 5.74. The van der Waals surface area contributed by atoms with Crippen LogP contribution in [0, 0.1) is 5.92 Å². The van der Waals surface area contributed by atoms with Crippen LogP contribution in [0.4, 0.5) is 4.79 Å². The standard InChI is InChI=1S/C17H23N5O2/c1-11(16-21-20-15-7-2-3-9-22(15)16)18-17(23)19-13-5-4-6-14-12(13)8-10-24-14/h2-3,7,9,11-14H,4-6,8,10H2,1H3,(H2,18,19,23)/t11-,12-,13+,14+/m0/s1. The molecule has 0 radical (unpaired) electrons. The first-order valence-electron chi connectivity index (χ1n) is 8.70. The summed E-state index contributed by atoms with van der Waals surface area (Å²) in [6.07, 6.45) is 6.52. The normalized spacial score (nSPS) is 27.6. The Balaban J connectivity index is 1.40. The van der Waals surface area contributed by atoms with Gasteiger partial charge in [0.2, 0.25) is 0 Å². The molecule has 4 atom stereocenters. The molecule has 7 heteroatoms. The van der Waals surface area contributed by atoms with Crippen LogP contribution in [0.3, 0.4) is 0 Å². The number of fused-ring (bicyclic) bond motifs is 2. The third-order valence-electron chi connectivity index (χ3n) is 5.17. The maximum absolute atomic E-state index is 12.4. The lowest BCUT2D eigenvalue weighted by Crippen LogP contribution is -2.49. The van der Waals surface area contributed by atoms with Crippen LogP contribution in [0.25, 0.3) is 5.65 Å². The molecule has 1 saturated heterocycles. The Bertz CT molecular complexity index is 731. The fraction of sp³-hybridized carbons (Fsp3) is 0.588. The molecule has 2 amide bonds. The summed E-state index contributed by atoms with van der Waals surface area (Å²) in [5.41, 5.74) is 0.778. The van der Waals surface area contributed by atoms with E-state index in [1.807, 2.05) is 35.7 Å². The van der Waals surface area contributed by atoms with Gasteiger partial charge in [0.15, 0.2) is 11.5 Å². The Morgan fingerprint density at radius 3 is 3.17 bits per heavy atom. The third-order valence-corrected chi connectivity index (χ3v) is 5.17. The molecule has 4 rings (SSSR count). The first-order chi connectivity index (χ1) is 11.7. The van der Waals surface area contributed by atoms with Crippen LogP contribution in [0.1, 0.15) is 44.5 Å². The minimum absolute atomic E-state index is 0.146. The molecule has 128 valence electrons. The quantitative estimate of drug-likeness (QED) is 0.903. The maximum Gasteiger partial charge on any atom is 0.315 e. The number of pyridine rings is 1. The van der Waals surface area contributed by atoms with Gasteiger partial charge in [-0.15, -0.1) is 10.2 Å². The minimum Gasteiger partial charge on any atom is -0.378 e. The van der Waals surface area contributed by atoms with Gasteiger partial charge in [-0.1, -0.05) is 6.07 Å². The van der Waals surface area contributed by atoms with E-state index in [9.17, 15) is 4.79 Å². The van der Waals surface area contributed by atoms with Crippen molar-refractivity contribution in [2.24, 2.45) is 5.92 Å². The summed E-state index contributed by atoms with van der Waals surface area (Å²) < 4.78 is 7.66. The van der Waals surface area contributed by atoms with Crippen molar-refractivity contribution in [1.82, 2.24) is 25.2 Å². The number of rotatable bonds is 3. The Morgan fingerprint density at radius 1 is 1.33 bits per heavy atom. The van der Waals surface area contributed by atoms with E-state index in [2.05, 4.69) is 20.8 Å². The molecule has 24 heavy (non-hydrogen) atoms. The fourth-order valence-corrected chi connectivity index (χ4v) is 3.98. The van der Waals surface area contributed by atoms with Gasteiger partial charge in [-0.3, -0.25) is 4.40 Å². The number of hydrogen-bond donors (Lipinski definition) is 2. The molecule has 0 spiro atoms. The van der Waals surface area contributed by atoms with Crippen LogP contribution >= 0.6 is 0 Å². The van der Waals surface area contributed by atoms with E-state index in [1.165, 1.54) is 0 Å². The summed E-state index contributed by atoms with van der Waals surface area (Å²) in [5, 5.41) is 14.5. The maximum atomic E-state index is 12.4. The van der Waals surface area contributed by atoms with Gasteiger partial charge in [-0.05, 0) is 44.7 Å². The van der Waals surface area contributed by atoms with Crippen LogP contribution in [-0.4, -0.2) is 39.4 Å². The first kappa shape index (κ1) is 15.4. The van der Waals surface area contributed by atoms with Gasteiger partial charge in [-0.2, -0.15) is 0 Å². The lowest BCUT2D eigenvalue weighted by molar-refractivity contribution is 0.0549. The SMILES string of the molecule is C[C@H](NC(=O)N[C@@H]1CCC[C@H]2OCC[C@@H]12)c1nnc2ccccn12. The Morgan fingerprint density at radius 2 is 2.25 bits per heavy atom. The van der Waals surface area contributed by atoms with Crippen LogP contribution in [0.5, 0.6) is 0 Å². The lowest BCUT2D eigenvalue weighted by atomic mass is 9.82. The van der Waals surface area contributed by atoms with Gasteiger partial charge in [0.1, 0.15) is 0 Å². The van der Waals surface area contributed by atoms with Gasteiger partial charge in [0.25, 0.3) is 0 Å². The predicted octanol–water partition coefficient (Wildman–Crippen LogP) is 2.05. The molecular formula is C17H23N5O2. The van der Waals surface area contributed by atoms with Crippen molar-refractivity contribution in [1.29, 1.82) is 0 Å². The molecule has 1 saturated carbocycles. The van der Waals surface area contributed by atoms with E-state index in [4.69, 9.17) is 4.74 Å². The van der Waals surface area contributed by atoms with Gasteiger partial charge in [0.05, 0.1) is 12.1 Å². The van der Waals surface area contributed by atoms with E-state index in [0.717, 1.165) is 43.8 Å². The van der Waals surface area contributed by atoms with Crippen molar-refractivity contribution in [2.75, 3.05) is 6.61 Å². The summed E-state index contributed by atoms with van der Waals surface area (Å²) in [6, 6.07) is 5.57. The first-order valence-corrected chi connectivity index (χ1v) is 8.70. The molecule has 2 aliphatic rings. The van der Waals surface area contributed by atoms with Gasteiger partial charge in [-0.25, -0.2) is 4.79 Å². The predicted molar refractivity (Wildman–Crippen MR) is 88.6 cm³/mol. The van der Waals surface area contributed by atoms with Crippen molar-refractivity contribution in [2.45, 2.75) is 50.8 Å². The highest BCUT2D eigenvalue weighted by Gasteiger charge is 2.38. The van der Waals surface area contributed by atoms with Gasteiger partial charge >= 0.3 is 6.03 Å². The number of carbonyl (C=O) groups is 1. The molecule has 2 aromatic rings. The zero-order valence-corrected chi connectivity index (χ0v) is 13.8. The van der Waals surface area contributed by atoms with E-state index in [1.54, 1.807) is 0 Å². The molecule has 1 aliphatic heterocycles. The molecule has 1 aliphatic carbocycles. The van der Waals surface area contributed by atoms with Crippen LogP contribution in [0.2, 0.25) is 0 Å². The summed E-state index contributed by atoms with van der Waals surface area (Å²) in [4.78, 5) is 12.4. The average Bonchev–Trinajstić information content (AvgIpc) is 3.22. The van der Waals surface area contributed by atoms with Crippen molar-refractivity contribution >= 4 is 11.7 Å². The van der Waals surface area contributed by atoms with Crippen molar-refractivity contribution < 1.29 is 9.53 Å². The van der Waals surface area contributed by atoms with E-state index in [0.29, 0.717) is 12.0 Å². The zero-order chi connectivity index (χ0) is 16.5. The lowest BCUT2D eigenvalue weighted by Gasteiger charge is -2.33. The number of hydrogen-bond acceptors (Lipinski definition) is 4. The molecule has 2 fully saturated rings. The Kier molecular flexibility index (Phi) is 4.10. The summed E-state index contributed by atoms with van der Waals surface area (Å²) >= 11 is 0. The molecule has 2 N–H and O–H groups in total.